The Labute approximate surface area is 160 Å². The Morgan fingerprint density at radius 2 is 1.92 bits per heavy atom. The molecule has 0 spiro atoms. The minimum absolute atomic E-state index is 0.0641. The molecular formula is C19H26N2O3S2. The van der Waals surface area contributed by atoms with Crippen LogP contribution in [0.25, 0.3) is 0 Å². The zero-order valence-electron chi connectivity index (χ0n) is 15.7. The van der Waals surface area contributed by atoms with Gasteiger partial charge in [0.05, 0.1) is 17.5 Å². The van der Waals surface area contributed by atoms with Crippen molar-refractivity contribution < 1.29 is 13.2 Å². The van der Waals surface area contributed by atoms with Crippen LogP contribution < -0.4 is 4.90 Å². The molecule has 5 nitrogen and oxygen atoms in total. The first-order valence-corrected chi connectivity index (χ1v) is 11.7. The first kappa shape index (κ1) is 19.4. The predicted octanol–water partition coefficient (Wildman–Crippen LogP) is 3.46. The minimum Gasteiger partial charge on any atom is -0.315 e. The summed E-state index contributed by atoms with van der Waals surface area (Å²) in [4.78, 5) is 18.7. The molecule has 2 fully saturated rings. The number of sulfone groups is 1. The van der Waals surface area contributed by atoms with E-state index in [4.69, 9.17) is 0 Å². The molecule has 0 aliphatic carbocycles. The molecule has 1 amide bonds. The number of benzene rings is 1. The first-order valence-electron chi connectivity index (χ1n) is 9.04. The molecular weight excluding hydrogens is 368 g/mol. The SMILES string of the molecule is CC(C)CC(=O)N=C1SC2CS(=O)(=O)CC2N1c1ccccc1C(C)C. The molecule has 0 N–H and O–H groups in total. The molecule has 1 aromatic rings. The van der Waals surface area contributed by atoms with E-state index in [1.807, 2.05) is 36.9 Å². The third-order valence-corrected chi connectivity index (χ3v) is 7.90. The standard InChI is InChI=1S/C19H26N2O3S2/c1-12(2)9-18(22)20-19-21(15-8-6-5-7-14(15)13(3)4)16-10-26(23,24)11-17(16)25-19/h5-8,12-13,16-17H,9-11H2,1-4H3. The van der Waals surface area contributed by atoms with Gasteiger partial charge in [0.2, 0.25) is 5.91 Å². The summed E-state index contributed by atoms with van der Waals surface area (Å²) in [6, 6.07) is 7.86. The Morgan fingerprint density at radius 1 is 1.23 bits per heavy atom. The van der Waals surface area contributed by atoms with E-state index >= 15 is 0 Å². The van der Waals surface area contributed by atoms with E-state index in [-0.39, 0.29) is 34.6 Å². The summed E-state index contributed by atoms with van der Waals surface area (Å²) >= 11 is 1.44. The van der Waals surface area contributed by atoms with Crippen LogP contribution in [0.3, 0.4) is 0 Å². The van der Waals surface area contributed by atoms with Gasteiger partial charge in [-0.05, 0) is 23.5 Å². The van der Waals surface area contributed by atoms with E-state index in [0.29, 0.717) is 17.5 Å². The van der Waals surface area contributed by atoms with Crippen molar-refractivity contribution in [2.45, 2.75) is 51.3 Å². The first-order chi connectivity index (χ1) is 12.2. The van der Waals surface area contributed by atoms with Gasteiger partial charge in [0.1, 0.15) is 0 Å². The molecule has 2 saturated heterocycles. The number of thioether (sulfide) groups is 1. The Hall–Kier alpha value is -1.34. The van der Waals surface area contributed by atoms with Crippen LogP contribution >= 0.6 is 11.8 Å². The van der Waals surface area contributed by atoms with Crippen molar-refractivity contribution in [1.82, 2.24) is 0 Å². The number of carbonyl (C=O) groups is 1. The fraction of sp³-hybridized carbons (Fsp3) is 0.579. The van der Waals surface area contributed by atoms with Gasteiger partial charge in [-0.3, -0.25) is 4.79 Å². The summed E-state index contributed by atoms with van der Waals surface area (Å²) in [5.41, 5.74) is 2.11. The van der Waals surface area contributed by atoms with Crippen LogP contribution in [-0.2, 0) is 14.6 Å². The minimum atomic E-state index is -3.05. The Kier molecular flexibility index (Phi) is 5.49. The molecule has 2 atom stereocenters. The molecule has 142 valence electrons. The van der Waals surface area contributed by atoms with Crippen LogP contribution in [0.15, 0.2) is 29.3 Å². The molecule has 0 radical (unpaired) electrons. The van der Waals surface area contributed by atoms with Crippen molar-refractivity contribution >= 4 is 38.4 Å². The van der Waals surface area contributed by atoms with Gasteiger partial charge in [-0.1, -0.05) is 57.7 Å². The van der Waals surface area contributed by atoms with Crippen molar-refractivity contribution in [3.05, 3.63) is 29.8 Å². The predicted molar refractivity (Wildman–Crippen MR) is 109 cm³/mol. The van der Waals surface area contributed by atoms with E-state index in [1.165, 1.54) is 11.8 Å². The average Bonchev–Trinajstić information content (AvgIpc) is 2.97. The van der Waals surface area contributed by atoms with E-state index in [1.54, 1.807) is 0 Å². The fourth-order valence-electron chi connectivity index (χ4n) is 3.54. The number of amidine groups is 1. The van der Waals surface area contributed by atoms with Gasteiger partial charge in [-0.15, -0.1) is 0 Å². The third-order valence-electron chi connectivity index (χ3n) is 4.69. The lowest BCUT2D eigenvalue weighted by Crippen LogP contribution is -2.38. The van der Waals surface area contributed by atoms with Crippen molar-refractivity contribution in [1.29, 1.82) is 0 Å². The highest BCUT2D eigenvalue weighted by Crippen LogP contribution is 2.43. The molecule has 2 unspecified atom stereocenters. The molecule has 26 heavy (non-hydrogen) atoms. The number of anilines is 1. The topological polar surface area (TPSA) is 66.8 Å². The molecule has 1 aromatic carbocycles. The number of hydrogen-bond donors (Lipinski definition) is 0. The number of fused-ring (bicyclic) bond motifs is 1. The average molecular weight is 395 g/mol. The molecule has 7 heteroatoms. The monoisotopic (exact) mass is 394 g/mol. The quantitative estimate of drug-likeness (QED) is 0.782. The maximum Gasteiger partial charge on any atom is 0.248 e. The number of para-hydroxylation sites is 1. The number of nitrogens with zero attached hydrogens (tertiary/aromatic N) is 2. The molecule has 0 aromatic heterocycles. The summed E-state index contributed by atoms with van der Waals surface area (Å²) in [5, 5.41) is 0.583. The maximum atomic E-state index is 12.3. The Balaban J connectivity index is 2.04. The lowest BCUT2D eigenvalue weighted by atomic mass is 9.99. The van der Waals surface area contributed by atoms with Crippen molar-refractivity contribution in [2.75, 3.05) is 16.4 Å². The fourth-order valence-corrected chi connectivity index (χ4v) is 7.47. The van der Waals surface area contributed by atoms with Gasteiger partial charge in [0, 0.05) is 17.4 Å². The molecule has 2 heterocycles. The highest BCUT2D eigenvalue weighted by molar-refractivity contribution is 8.16. The van der Waals surface area contributed by atoms with Gasteiger partial charge in [-0.2, -0.15) is 4.99 Å². The molecule has 0 saturated carbocycles. The van der Waals surface area contributed by atoms with E-state index in [9.17, 15) is 13.2 Å². The van der Waals surface area contributed by atoms with Crippen LogP contribution in [0, 0.1) is 5.92 Å². The van der Waals surface area contributed by atoms with E-state index in [2.05, 4.69) is 24.9 Å². The summed E-state index contributed by atoms with van der Waals surface area (Å²) in [5.74, 6) is 0.668. The summed E-state index contributed by atoms with van der Waals surface area (Å²) in [6.45, 7) is 8.22. The van der Waals surface area contributed by atoms with Crippen molar-refractivity contribution in [3.8, 4) is 0 Å². The number of carbonyl (C=O) groups excluding carboxylic acids is 1. The normalized spacial score (nSPS) is 26.1. The highest BCUT2D eigenvalue weighted by Gasteiger charge is 2.49. The summed E-state index contributed by atoms with van der Waals surface area (Å²) in [7, 11) is -3.05. The molecule has 3 rings (SSSR count). The lowest BCUT2D eigenvalue weighted by molar-refractivity contribution is -0.118. The molecule has 2 aliphatic heterocycles. The Morgan fingerprint density at radius 3 is 2.58 bits per heavy atom. The van der Waals surface area contributed by atoms with Gasteiger partial charge < -0.3 is 4.90 Å². The maximum absolute atomic E-state index is 12.3. The van der Waals surface area contributed by atoms with E-state index in [0.717, 1.165) is 11.3 Å². The molecule has 2 aliphatic rings. The summed E-state index contributed by atoms with van der Waals surface area (Å²) in [6.07, 6.45) is 0.400. The molecule has 0 bridgehead atoms. The van der Waals surface area contributed by atoms with Gasteiger partial charge in [0.25, 0.3) is 0 Å². The second kappa shape index (κ2) is 7.35. The van der Waals surface area contributed by atoms with Crippen LogP contribution in [0.2, 0.25) is 0 Å². The van der Waals surface area contributed by atoms with Gasteiger partial charge in [0.15, 0.2) is 15.0 Å². The number of rotatable bonds is 4. The van der Waals surface area contributed by atoms with E-state index < -0.39 is 9.84 Å². The van der Waals surface area contributed by atoms with Crippen LogP contribution in [-0.4, -0.2) is 42.3 Å². The number of aliphatic imine (C=N–C) groups is 1. The van der Waals surface area contributed by atoms with Crippen molar-refractivity contribution in [3.63, 3.8) is 0 Å². The summed E-state index contributed by atoms with van der Waals surface area (Å²) < 4.78 is 24.3. The van der Waals surface area contributed by atoms with Gasteiger partial charge in [-0.25, -0.2) is 8.42 Å². The largest absolute Gasteiger partial charge is 0.315 e. The Bertz CT molecular complexity index is 831. The number of amides is 1. The zero-order valence-corrected chi connectivity index (χ0v) is 17.3. The van der Waals surface area contributed by atoms with Crippen molar-refractivity contribution in [2.24, 2.45) is 10.9 Å². The number of hydrogen-bond acceptors (Lipinski definition) is 4. The lowest BCUT2D eigenvalue weighted by Gasteiger charge is -2.28. The van der Waals surface area contributed by atoms with Crippen LogP contribution in [0.5, 0.6) is 0 Å². The second-order valence-corrected chi connectivity index (χ2v) is 11.1. The van der Waals surface area contributed by atoms with Crippen LogP contribution in [0.4, 0.5) is 5.69 Å². The van der Waals surface area contributed by atoms with Gasteiger partial charge >= 0.3 is 0 Å². The zero-order chi connectivity index (χ0) is 19.1. The second-order valence-electron chi connectivity index (χ2n) is 7.77. The highest BCUT2D eigenvalue weighted by atomic mass is 32.2. The smallest absolute Gasteiger partial charge is 0.248 e. The van der Waals surface area contributed by atoms with Crippen LogP contribution in [0.1, 0.15) is 45.6 Å². The third kappa shape index (κ3) is 3.98.